The fourth-order valence-electron chi connectivity index (χ4n) is 5.11. The molecule has 2 aromatic rings. The van der Waals surface area contributed by atoms with Crippen molar-refractivity contribution >= 4 is 5.97 Å². The van der Waals surface area contributed by atoms with Gasteiger partial charge in [-0.25, -0.2) is 0 Å². The van der Waals surface area contributed by atoms with Crippen LogP contribution in [-0.2, 0) is 22.5 Å². The third-order valence-electron chi connectivity index (χ3n) is 7.38. The molecule has 0 heterocycles. The molecule has 2 rings (SSSR count). The summed E-state index contributed by atoms with van der Waals surface area (Å²) in [5.74, 6) is 0.732. The first-order chi connectivity index (χ1) is 18.9. The van der Waals surface area contributed by atoms with Gasteiger partial charge in [0.2, 0.25) is 0 Å². The normalized spacial score (nSPS) is 12.3. The van der Waals surface area contributed by atoms with E-state index in [2.05, 4.69) is 69.6 Å². The molecule has 4 nitrogen and oxygen atoms in total. The fourth-order valence-corrected chi connectivity index (χ4v) is 5.11. The van der Waals surface area contributed by atoms with Crippen LogP contribution in [0.3, 0.4) is 0 Å². The van der Waals surface area contributed by atoms with Gasteiger partial charge in [0.1, 0.15) is 25.0 Å². The van der Waals surface area contributed by atoms with E-state index in [1.807, 2.05) is 13.0 Å². The first-order valence-corrected chi connectivity index (χ1v) is 15.6. The van der Waals surface area contributed by atoms with Crippen molar-refractivity contribution in [3.63, 3.8) is 0 Å². The largest absolute Gasteiger partial charge is 0.487 e. The monoisotopic (exact) mass is 538 g/mol. The summed E-state index contributed by atoms with van der Waals surface area (Å²) in [6, 6.07) is 19.0. The van der Waals surface area contributed by atoms with Crippen LogP contribution >= 0.6 is 0 Å². The zero-order chi connectivity index (χ0) is 28.2. The molecule has 1 atom stereocenters. The Kier molecular flexibility index (Phi) is 16.6. The van der Waals surface area contributed by atoms with Crippen molar-refractivity contribution in [2.45, 2.75) is 116 Å². The number of nitrogens with zero attached hydrogens (tertiary/aromatic N) is 1. The molecule has 2 aromatic carbocycles. The van der Waals surface area contributed by atoms with Crippen LogP contribution < -0.4 is 4.74 Å². The van der Waals surface area contributed by atoms with Crippen LogP contribution in [0, 0.1) is 0 Å². The standard InChI is InChI=1S/C35H56NO3/c1-5-6-7-8-9-10-11-12-13-15-21-32-24-20-25-34(28-32)39-31(2)30-38-35(37)26-18-19-27-36(3,4)29-33-22-16-14-17-23-33/h14,16-17,20,22-25,28,31H,5-13,15,18-19,21,26-27,29-30H2,1-4H3/q+1. The molecule has 0 bridgehead atoms. The number of carbonyl (C=O) groups is 1. The van der Waals surface area contributed by atoms with E-state index in [4.69, 9.17) is 9.47 Å². The van der Waals surface area contributed by atoms with E-state index in [-0.39, 0.29) is 18.7 Å². The molecule has 0 aromatic heterocycles. The predicted octanol–water partition coefficient (Wildman–Crippen LogP) is 8.91. The molecule has 0 saturated heterocycles. The second-order valence-electron chi connectivity index (χ2n) is 12.0. The SMILES string of the molecule is CCCCCCCCCCCCc1cccc(OC(C)COC(=O)CCCC[N+](C)(C)Cc2ccccc2)c1. The average Bonchev–Trinajstić information content (AvgIpc) is 2.91. The number of ether oxygens (including phenoxy) is 2. The van der Waals surface area contributed by atoms with Crippen LogP contribution in [0.4, 0.5) is 0 Å². The number of benzene rings is 2. The minimum Gasteiger partial charge on any atom is -0.487 e. The van der Waals surface area contributed by atoms with Gasteiger partial charge >= 0.3 is 5.97 Å². The number of hydrogen-bond donors (Lipinski definition) is 0. The molecule has 0 saturated carbocycles. The summed E-state index contributed by atoms with van der Waals surface area (Å²) in [6.45, 7) is 6.57. The van der Waals surface area contributed by atoms with Gasteiger partial charge in [-0.3, -0.25) is 4.79 Å². The van der Waals surface area contributed by atoms with Gasteiger partial charge in [0.05, 0.1) is 20.6 Å². The smallest absolute Gasteiger partial charge is 0.305 e. The molecule has 0 radical (unpaired) electrons. The third kappa shape index (κ3) is 16.4. The second kappa shape index (κ2) is 19.7. The average molecular weight is 539 g/mol. The molecule has 0 aliphatic carbocycles. The second-order valence-corrected chi connectivity index (χ2v) is 12.0. The van der Waals surface area contributed by atoms with Gasteiger partial charge in [-0.2, -0.15) is 0 Å². The lowest BCUT2D eigenvalue weighted by Gasteiger charge is -2.30. The zero-order valence-corrected chi connectivity index (χ0v) is 25.5. The predicted molar refractivity (Wildman–Crippen MR) is 164 cm³/mol. The maximum atomic E-state index is 12.3. The first-order valence-electron chi connectivity index (χ1n) is 15.6. The molecule has 0 fully saturated rings. The van der Waals surface area contributed by atoms with E-state index in [9.17, 15) is 4.79 Å². The summed E-state index contributed by atoms with van der Waals surface area (Å²) in [6.07, 6.45) is 16.8. The van der Waals surface area contributed by atoms with Crippen molar-refractivity contribution in [1.82, 2.24) is 0 Å². The summed E-state index contributed by atoms with van der Waals surface area (Å²) in [5.41, 5.74) is 2.67. The number of unbranched alkanes of at least 4 members (excludes halogenated alkanes) is 10. The van der Waals surface area contributed by atoms with Crippen molar-refractivity contribution in [2.75, 3.05) is 27.2 Å². The van der Waals surface area contributed by atoms with E-state index in [0.717, 1.165) is 42.6 Å². The highest BCUT2D eigenvalue weighted by Crippen LogP contribution is 2.18. The van der Waals surface area contributed by atoms with Crippen LogP contribution in [-0.4, -0.2) is 43.8 Å². The lowest BCUT2D eigenvalue weighted by atomic mass is 10.0. The number of rotatable bonds is 22. The van der Waals surface area contributed by atoms with Gasteiger partial charge in [-0.15, -0.1) is 0 Å². The van der Waals surface area contributed by atoms with Gasteiger partial charge in [0.25, 0.3) is 0 Å². The molecule has 4 heteroatoms. The molecule has 0 amide bonds. The van der Waals surface area contributed by atoms with Crippen LogP contribution in [0.25, 0.3) is 0 Å². The zero-order valence-electron chi connectivity index (χ0n) is 25.5. The molecule has 0 aliphatic heterocycles. The quantitative estimate of drug-likeness (QED) is 0.0853. The molecule has 0 N–H and O–H groups in total. The van der Waals surface area contributed by atoms with E-state index in [1.54, 1.807) is 0 Å². The lowest BCUT2D eigenvalue weighted by Crippen LogP contribution is -2.39. The third-order valence-corrected chi connectivity index (χ3v) is 7.38. The molecular formula is C35H56NO3+. The molecule has 0 spiro atoms. The Morgan fingerprint density at radius 2 is 1.41 bits per heavy atom. The minimum atomic E-state index is -0.164. The summed E-state index contributed by atoms with van der Waals surface area (Å²) in [4.78, 5) is 12.3. The Morgan fingerprint density at radius 1 is 0.769 bits per heavy atom. The number of hydrogen-bond acceptors (Lipinski definition) is 3. The van der Waals surface area contributed by atoms with Gasteiger partial charge in [0, 0.05) is 12.0 Å². The van der Waals surface area contributed by atoms with E-state index >= 15 is 0 Å². The van der Waals surface area contributed by atoms with Crippen LogP contribution in [0.15, 0.2) is 54.6 Å². The summed E-state index contributed by atoms with van der Waals surface area (Å²) in [7, 11) is 4.49. The molecular weight excluding hydrogens is 482 g/mol. The molecule has 1 unspecified atom stereocenters. The Hall–Kier alpha value is -2.33. The van der Waals surface area contributed by atoms with Crippen molar-refractivity contribution in [1.29, 1.82) is 0 Å². The Morgan fingerprint density at radius 3 is 2.10 bits per heavy atom. The summed E-state index contributed by atoms with van der Waals surface area (Å²) >= 11 is 0. The topological polar surface area (TPSA) is 35.5 Å². The van der Waals surface area contributed by atoms with Crippen LogP contribution in [0.2, 0.25) is 0 Å². The summed E-state index contributed by atoms with van der Waals surface area (Å²) in [5, 5.41) is 0. The minimum absolute atomic E-state index is 0.131. The van der Waals surface area contributed by atoms with Gasteiger partial charge in [-0.1, -0.05) is 107 Å². The van der Waals surface area contributed by atoms with Gasteiger partial charge < -0.3 is 14.0 Å². The van der Waals surface area contributed by atoms with Gasteiger partial charge in [0.15, 0.2) is 0 Å². The van der Waals surface area contributed by atoms with Crippen molar-refractivity contribution in [3.8, 4) is 5.75 Å². The number of quaternary nitrogens is 1. The highest BCUT2D eigenvalue weighted by Gasteiger charge is 2.16. The highest BCUT2D eigenvalue weighted by molar-refractivity contribution is 5.69. The molecule has 39 heavy (non-hydrogen) atoms. The maximum absolute atomic E-state index is 12.3. The van der Waals surface area contributed by atoms with Crippen molar-refractivity contribution in [2.24, 2.45) is 0 Å². The highest BCUT2D eigenvalue weighted by atomic mass is 16.6. The van der Waals surface area contributed by atoms with Gasteiger partial charge in [-0.05, 0) is 50.3 Å². The van der Waals surface area contributed by atoms with Crippen molar-refractivity contribution in [3.05, 3.63) is 65.7 Å². The molecule has 218 valence electrons. The number of esters is 1. The lowest BCUT2D eigenvalue weighted by molar-refractivity contribution is -0.903. The Balaban J connectivity index is 1.54. The van der Waals surface area contributed by atoms with E-state index < -0.39 is 0 Å². The Bertz CT molecular complexity index is 896. The number of carbonyl (C=O) groups excluding carboxylic acids is 1. The van der Waals surface area contributed by atoms with E-state index in [0.29, 0.717) is 6.42 Å². The van der Waals surface area contributed by atoms with E-state index in [1.165, 1.54) is 75.3 Å². The van der Waals surface area contributed by atoms with Crippen LogP contribution in [0.5, 0.6) is 5.75 Å². The number of aryl methyl sites for hydroxylation is 1. The summed E-state index contributed by atoms with van der Waals surface area (Å²) < 4.78 is 12.5. The van der Waals surface area contributed by atoms with Crippen LogP contribution in [0.1, 0.15) is 108 Å². The first kappa shape index (κ1) is 32.9. The fraction of sp³-hybridized carbons (Fsp3) is 0.629. The van der Waals surface area contributed by atoms with Crippen molar-refractivity contribution < 1.29 is 18.8 Å². The Labute approximate surface area is 239 Å². The maximum Gasteiger partial charge on any atom is 0.305 e. The molecule has 0 aliphatic rings.